The molecule has 0 radical (unpaired) electrons. The molecule has 0 heterocycles. The maximum Gasteiger partial charge on any atom is 0.155 e. The van der Waals surface area contributed by atoms with Gasteiger partial charge in [0.25, 0.3) is 0 Å². The van der Waals surface area contributed by atoms with Gasteiger partial charge in [-0.15, -0.1) is 0 Å². The fourth-order valence-electron chi connectivity index (χ4n) is 1.43. The Balaban J connectivity index is 3.01. The predicted octanol–water partition coefficient (Wildman–Crippen LogP) is 3.31. The van der Waals surface area contributed by atoms with Gasteiger partial charge in [-0.3, -0.25) is 0 Å². The van der Waals surface area contributed by atoms with Gasteiger partial charge in [-0.05, 0) is 47.6 Å². The number of benzene rings is 1. The molecular formula is C12H15IN2O. The summed E-state index contributed by atoms with van der Waals surface area (Å²) in [5.74, 6) is 0.702. The molecule has 0 unspecified atom stereocenters. The van der Waals surface area contributed by atoms with E-state index in [2.05, 4.69) is 42.5 Å². The summed E-state index contributed by atoms with van der Waals surface area (Å²) in [6.07, 6.45) is 2.08. The van der Waals surface area contributed by atoms with Crippen LogP contribution in [-0.4, -0.2) is 6.10 Å². The van der Waals surface area contributed by atoms with Crippen molar-refractivity contribution in [1.82, 2.24) is 0 Å². The molecule has 0 fully saturated rings. The van der Waals surface area contributed by atoms with Crippen LogP contribution >= 0.6 is 22.6 Å². The summed E-state index contributed by atoms with van der Waals surface area (Å²) in [4.78, 5) is 0. The molecule has 0 aliphatic heterocycles. The van der Waals surface area contributed by atoms with Crippen molar-refractivity contribution in [2.75, 3.05) is 5.73 Å². The molecule has 0 saturated carbocycles. The van der Waals surface area contributed by atoms with Crippen LogP contribution in [0.15, 0.2) is 12.1 Å². The smallest absolute Gasteiger partial charge is 0.155 e. The number of anilines is 1. The van der Waals surface area contributed by atoms with Gasteiger partial charge in [0.2, 0.25) is 0 Å². The van der Waals surface area contributed by atoms with Gasteiger partial charge in [-0.1, -0.05) is 13.8 Å². The minimum atomic E-state index is 0.184. The van der Waals surface area contributed by atoms with E-state index in [-0.39, 0.29) is 6.10 Å². The largest absolute Gasteiger partial charge is 0.487 e. The zero-order valence-corrected chi connectivity index (χ0v) is 11.6. The molecule has 0 spiro atoms. The van der Waals surface area contributed by atoms with Crippen LogP contribution in [0.5, 0.6) is 5.75 Å². The Labute approximate surface area is 110 Å². The summed E-state index contributed by atoms with van der Waals surface area (Å²) in [5, 5.41) is 8.80. The Kier molecular flexibility index (Phi) is 4.87. The van der Waals surface area contributed by atoms with Crippen LogP contribution in [0.2, 0.25) is 0 Å². The van der Waals surface area contributed by atoms with Crippen molar-refractivity contribution >= 4 is 28.3 Å². The second kappa shape index (κ2) is 5.94. The number of ether oxygens (including phenoxy) is 1. The number of nitrogens with two attached hydrogens (primary N) is 1. The second-order valence-electron chi connectivity index (χ2n) is 3.54. The normalized spacial score (nSPS) is 10.2. The van der Waals surface area contributed by atoms with Crippen molar-refractivity contribution < 1.29 is 4.74 Å². The van der Waals surface area contributed by atoms with E-state index in [4.69, 9.17) is 15.7 Å². The number of nitrogens with zero attached hydrogens (tertiary/aromatic N) is 1. The van der Waals surface area contributed by atoms with Crippen molar-refractivity contribution in [1.29, 1.82) is 5.26 Å². The fraction of sp³-hybridized carbons (Fsp3) is 0.417. The number of hydrogen-bond acceptors (Lipinski definition) is 3. The topological polar surface area (TPSA) is 59.0 Å². The zero-order chi connectivity index (χ0) is 12.1. The maximum absolute atomic E-state index is 8.80. The lowest BCUT2D eigenvalue weighted by Crippen LogP contribution is -2.15. The Hall–Kier alpha value is -0.960. The molecule has 3 nitrogen and oxygen atoms in total. The van der Waals surface area contributed by atoms with Crippen LogP contribution in [0, 0.1) is 14.9 Å². The van der Waals surface area contributed by atoms with E-state index in [0.717, 1.165) is 16.4 Å². The summed E-state index contributed by atoms with van der Waals surface area (Å²) >= 11 is 2.14. The lowest BCUT2D eigenvalue weighted by molar-refractivity contribution is 0.192. The van der Waals surface area contributed by atoms with Crippen molar-refractivity contribution in [3.05, 3.63) is 21.3 Å². The van der Waals surface area contributed by atoms with Gasteiger partial charge in [-0.2, -0.15) is 5.26 Å². The molecule has 0 amide bonds. The summed E-state index contributed by atoms with van der Waals surface area (Å²) in [6, 6.07) is 5.52. The Bertz CT molecular complexity index is 385. The van der Waals surface area contributed by atoms with Crippen molar-refractivity contribution in [3.8, 4) is 11.8 Å². The summed E-state index contributed by atoms with van der Waals surface area (Å²) in [7, 11) is 0. The van der Waals surface area contributed by atoms with E-state index < -0.39 is 0 Å². The van der Waals surface area contributed by atoms with E-state index >= 15 is 0 Å². The number of halogens is 1. The van der Waals surface area contributed by atoms with Gasteiger partial charge >= 0.3 is 0 Å². The quantitative estimate of drug-likeness (QED) is 0.681. The van der Waals surface area contributed by atoms with E-state index in [0.29, 0.717) is 17.0 Å². The van der Waals surface area contributed by atoms with E-state index in [1.54, 1.807) is 12.1 Å². The maximum atomic E-state index is 8.80. The van der Waals surface area contributed by atoms with Crippen LogP contribution in [0.1, 0.15) is 32.3 Å². The summed E-state index contributed by atoms with van der Waals surface area (Å²) in [5.41, 5.74) is 6.98. The third-order valence-corrected chi connectivity index (χ3v) is 3.20. The van der Waals surface area contributed by atoms with E-state index in [1.165, 1.54) is 0 Å². The number of hydrogen-bond donors (Lipinski definition) is 1. The highest BCUT2D eigenvalue weighted by atomic mass is 127. The molecule has 1 aromatic rings. The Morgan fingerprint density at radius 3 is 2.50 bits per heavy atom. The molecule has 4 heteroatoms. The molecule has 0 aromatic heterocycles. The fourth-order valence-corrected chi connectivity index (χ4v) is 2.20. The molecule has 16 heavy (non-hydrogen) atoms. The van der Waals surface area contributed by atoms with Crippen LogP contribution in [-0.2, 0) is 0 Å². The summed E-state index contributed by atoms with van der Waals surface area (Å²) in [6.45, 7) is 4.17. The minimum Gasteiger partial charge on any atom is -0.487 e. The number of nitriles is 1. The first-order chi connectivity index (χ1) is 7.62. The highest BCUT2D eigenvalue weighted by Crippen LogP contribution is 2.31. The van der Waals surface area contributed by atoms with Gasteiger partial charge in [-0.25, -0.2) is 0 Å². The average molecular weight is 330 g/mol. The molecule has 1 rings (SSSR count). The standard InChI is InChI=1S/C12H15IN2O/c1-3-9(4-2)16-12-10(13)5-8(7-14)6-11(12)15/h5-6,9H,3-4,15H2,1-2H3. The van der Waals surface area contributed by atoms with Crippen LogP contribution in [0.25, 0.3) is 0 Å². The van der Waals surface area contributed by atoms with Gasteiger partial charge in [0.1, 0.15) is 0 Å². The van der Waals surface area contributed by atoms with E-state index in [9.17, 15) is 0 Å². The second-order valence-corrected chi connectivity index (χ2v) is 4.71. The highest BCUT2D eigenvalue weighted by molar-refractivity contribution is 14.1. The van der Waals surface area contributed by atoms with E-state index in [1.807, 2.05) is 0 Å². The molecule has 1 aromatic carbocycles. The van der Waals surface area contributed by atoms with Crippen LogP contribution < -0.4 is 10.5 Å². The van der Waals surface area contributed by atoms with Crippen LogP contribution in [0.3, 0.4) is 0 Å². The third-order valence-electron chi connectivity index (χ3n) is 2.40. The third kappa shape index (κ3) is 3.01. The first-order valence-electron chi connectivity index (χ1n) is 5.28. The average Bonchev–Trinajstić information content (AvgIpc) is 2.28. The Morgan fingerprint density at radius 2 is 2.06 bits per heavy atom. The molecule has 0 aliphatic rings. The summed E-state index contributed by atoms with van der Waals surface area (Å²) < 4.78 is 6.72. The zero-order valence-electron chi connectivity index (χ0n) is 9.46. The first kappa shape index (κ1) is 13.1. The lowest BCUT2D eigenvalue weighted by atomic mass is 10.2. The van der Waals surface area contributed by atoms with Gasteiger partial charge in [0.05, 0.1) is 27.0 Å². The predicted molar refractivity (Wildman–Crippen MR) is 73.3 cm³/mol. The first-order valence-corrected chi connectivity index (χ1v) is 6.36. The monoisotopic (exact) mass is 330 g/mol. The molecule has 0 aliphatic carbocycles. The number of rotatable bonds is 4. The van der Waals surface area contributed by atoms with Crippen molar-refractivity contribution in [2.45, 2.75) is 32.8 Å². The molecular weight excluding hydrogens is 315 g/mol. The molecule has 0 bridgehead atoms. The molecule has 0 atom stereocenters. The minimum absolute atomic E-state index is 0.184. The SMILES string of the molecule is CCC(CC)Oc1c(N)cc(C#N)cc1I. The highest BCUT2D eigenvalue weighted by Gasteiger charge is 2.12. The number of nitrogen functional groups attached to an aromatic ring is 1. The van der Waals surface area contributed by atoms with Crippen LogP contribution in [0.4, 0.5) is 5.69 Å². The van der Waals surface area contributed by atoms with Crippen molar-refractivity contribution in [2.24, 2.45) is 0 Å². The molecule has 2 N–H and O–H groups in total. The van der Waals surface area contributed by atoms with Gasteiger partial charge in [0.15, 0.2) is 5.75 Å². The lowest BCUT2D eigenvalue weighted by Gasteiger charge is -2.18. The molecule has 86 valence electrons. The molecule has 0 saturated heterocycles. The Morgan fingerprint density at radius 1 is 1.44 bits per heavy atom. The van der Waals surface area contributed by atoms with Gasteiger partial charge in [0, 0.05) is 0 Å². The van der Waals surface area contributed by atoms with Gasteiger partial charge < -0.3 is 10.5 Å². The van der Waals surface area contributed by atoms with Crippen molar-refractivity contribution in [3.63, 3.8) is 0 Å².